The van der Waals surface area contributed by atoms with Crippen LogP contribution in [0.1, 0.15) is 62.7 Å². The van der Waals surface area contributed by atoms with Crippen molar-refractivity contribution in [3.05, 3.63) is 22.4 Å². The third-order valence-electron chi connectivity index (χ3n) is 5.10. The molecule has 2 unspecified atom stereocenters. The van der Waals surface area contributed by atoms with Crippen molar-refractivity contribution in [1.82, 2.24) is 0 Å². The molecule has 0 bridgehead atoms. The van der Waals surface area contributed by atoms with Gasteiger partial charge >= 0.3 is 0 Å². The number of hydrogen-bond acceptors (Lipinski definition) is 2. The molecular formula is C16H24OS. The average molecular weight is 264 g/mol. The van der Waals surface area contributed by atoms with Crippen LogP contribution < -0.4 is 0 Å². The summed E-state index contributed by atoms with van der Waals surface area (Å²) in [5, 5.41) is 13.4. The Kier molecular flexibility index (Phi) is 3.76. The molecule has 0 saturated heterocycles. The summed E-state index contributed by atoms with van der Waals surface area (Å²) in [5.41, 5.74) is -0.506. The van der Waals surface area contributed by atoms with Gasteiger partial charge in [0.2, 0.25) is 0 Å². The third kappa shape index (κ3) is 2.25. The van der Waals surface area contributed by atoms with Gasteiger partial charge in [0.1, 0.15) is 5.60 Å². The molecule has 0 aromatic carbocycles. The van der Waals surface area contributed by atoms with Crippen LogP contribution in [0.25, 0.3) is 0 Å². The standard InChI is InChI=1S/C16H24OS/c17-16(15-10-6-12-18-15)11-5-4-9-14(16)13-7-2-1-3-8-13/h6,10,12-14,17H,1-5,7-9,11H2. The highest BCUT2D eigenvalue weighted by atomic mass is 32.1. The molecule has 18 heavy (non-hydrogen) atoms. The SMILES string of the molecule is OC1(c2cccs2)CCCCC1C1CCCCC1. The van der Waals surface area contributed by atoms with Crippen LogP contribution in [0.2, 0.25) is 0 Å². The Morgan fingerprint density at radius 3 is 2.56 bits per heavy atom. The lowest BCUT2D eigenvalue weighted by molar-refractivity contribution is -0.0807. The maximum Gasteiger partial charge on any atom is 0.102 e. The summed E-state index contributed by atoms with van der Waals surface area (Å²) in [6.45, 7) is 0. The maximum atomic E-state index is 11.3. The second kappa shape index (κ2) is 5.34. The Labute approximate surface area is 114 Å². The Balaban J connectivity index is 1.85. The fourth-order valence-corrected chi connectivity index (χ4v) is 5.09. The second-order valence-corrected chi connectivity index (χ2v) is 7.10. The van der Waals surface area contributed by atoms with Gasteiger partial charge < -0.3 is 5.11 Å². The molecule has 1 aromatic rings. The molecule has 2 saturated carbocycles. The van der Waals surface area contributed by atoms with Gasteiger partial charge in [-0.05, 0) is 36.1 Å². The predicted molar refractivity (Wildman–Crippen MR) is 76.7 cm³/mol. The van der Waals surface area contributed by atoms with Crippen molar-refractivity contribution in [2.45, 2.75) is 63.4 Å². The lowest BCUT2D eigenvalue weighted by atomic mass is 9.65. The van der Waals surface area contributed by atoms with E-state index in [1.807, 2.05) is 0 Å². The van der Waals surface area contributed by atoms with Crippen LogP contribution in [0.15, 0.2) is 17.5 Å². The van der Waals surface area contributed by atoms with Crippen molar-refractivity contribution in [2.75, 3.05) is 0 Å². The number of aliphatic hydroxyl groups is 1. The molecular weight excluding hydrogens is 240 g/mol. The van der Waals surface area contributed by atoms with E-state index in [9.17, 15) is 5.11 Å². The minimum atomic E-state index is -0.506. The zero-order valence-corrected chi connectivity index (χ0v) is 11.9. The Morgan fingerprint density at radius 2 is 1.83 bits per heavy atom. The van der Waals surface area contributed by atoms with Gasteiger partial charge in [0, 0.05) is 4.88 Å². The summed E-state index contributed by atoms with van der Waals surface area (Å²) in [4.78, 5) is 1.22. The van der Waals surface area contributed by atoms with Gasteiger partial charge in [-0.15, -0.1) is 11.3 Å². The highest BCUT2D eigenvalue weighted by Crippen LogP contribution is 2.49. The van der Waals surface area contributed by atoms with Crippen LogP contribution in [0.5, 0.6) is 0 Å². The highest BCUT2D eigenvalue weighted by molar-refractivity contribution is 7.10. The lowest BCUT2D eigenvalue weighted by Crippen LogP contribution is -2.42. The Morgan fingerprint density at radius 1 is 1.06 bits per heavy atom. The molecule has 2 fully saturated rings. The van der Waals surface area contributed by atoms with E-state index in [0.29, 0.717) is 5.92 Å². The molecule has 1 N–H and O–H groups in total. The van der Waals surface area contributed by atoms with Crippen molar-refractivity contribution in [3.8, 4) is 0 Å². The van der Waals surface area contributed by atoms with Crippen molar-refractivity contribution >= 4 is 11.3 Å². The summed E-state index contributed by atoms with van der Waals surface area (Å²) in [6.07, 6.45) is 11.6. The van der Waals surface area contributed by atoms with E-state index in [-0.39, 0.29) is 0 Å². The fourth-order valence-electron chi connectivity index (χ4n) is 4.18. The van der Waals surface area contributed by atoms with E-state index in [1.165, 1.54) is 56.2 Å². The van der Waals surface area contributed by atoms with Crippen LogP contribution >= 0.6 is 11.3 Å². The molecule has 0 aliphatic heterocycles. The van der Waals surface area contributed by atoms with Crippen LogP contribution in [0.4, 0.5) is 0 Å². The number of rotatable bonds is 2. The average Bonchev–Trinajstić information content (AvgIpc) is 2.95. The van der Waals surface area contributed by atoms with Gasteiger partial charge in [-0.1, -0.05) is 51.0 Å². The fraction of sp³-hybridized carbons (Fsp3) is 0.750. The van der Waals surface area contributed by atoms with Crippen LogP contribution in [-0.4, -0.2) is 5.11 Å². The van der Waals surface area contributed by atoms with Crippen molar-refractivity contribution in [3.63, 3.8) is 0 Å². The summed E-state index contributed by atoms with van der Waals surface area (Å²) < 4.78 is 0. The third-order valence-corrected chi connectivity index (χ3v) is 6.14. The van der Waals surface area contributed by atoms with E-state index in [2.05, 4.69) is 17.5 Å². The van der Waals surface area contributed by atoms with Gasteiger partial charge in [-0.25, -0.2) is 0 Å². The first-order valence-electron chi connectivity index (χ1n) is 7.57. The van der Waals surface area contributed by atoms with E-state index in [4.69, 9.17) is 0 Å². The molecule has 1 nitrogen and oxygen atoms in total. The van der Waals surface area contributed by atoms with Gasteiger partial charge in [-0.3, -0.25) is 0 Å². The largest absolute Gasteiger partial charge is 0.384 e. The normalized spacial score (nSPS) is 34.6. The Hall–Kier alpha value is -0.340. The molecule has 2 aliphatic carbocycles. The van der Waals surface area contributed by atoms with E-state index >= 15 is 0 Å². The van der Waals surface area contributed by atoms with Crippen molar-refractivity contribution in [2.24, 2.45) is 11.8 Å². The van der Waals surface area contributed by atoms with Gasteiger partial charge in [0.15, 0.2) is 0 Å². The van der Waals surface area contributed by atoms with Gasteiger partial charge in [0.05, 0.1) is 0 Å². The lowest BCUT2D eigenvalue weighted by Gasteiger charge is -2.45. The first kappa shape index (κ1) is 12.7. The second-order valence-electron chi connectivity index (χ2n) is 6.15. The minimum Gasteiger partial charge on any atom is -0.384 e. The van der Waals surface area contributed by atoms with Crippen molar-refractivity contribution < 1.29 is 5.11 Å². The molecule has 0 radical (unpaired) electrons. The molecule has 3 rings (SSSR count). The smallest absolute Gasteiger partial charge is 0.102 e. The zero-order chi connectivity index (χ0) is 12.4. The molecule has 2 atom stereocenters. The summed E-state index contributed by atoms with van der Waals surface area (Å²) >= 11 is 1.75. The maximum absolute atomic E-state index is 11.3. The highest BCUT2D eigenvalue weighted by Gasteiger charge is 2.44. The predicted octanol–water partition coefficient (Wildman–Crippen LogP) is 4.71. The quantitative estimate of drug-likeness (QED) is 0.820. The topological polar surface area (TPSA) is 20.2 Å². The van der Waals surface area contributed by atoms with Crippen LogP contribution in [0, 0.1) is 11.8 Å². The summed E-state index contributed by atoms with van der Waals surface area (Å²) in [6, 6.07) is 4.23. The van der Waals surface area contributed by atoms with Gasteiger partial charge in [-0.2, -0.15) is 0 Å². The zero-order valence-electron chi connectivity index (χ0n) is 11.1. The molecule has 0 spiro atoms. The van der Waals surface area contributed by atoms with Gasteiger partial charge in [0.25, 0.3) is 0 Å². The van der Waals surface area contributed by atoms with Crippen LogP contribution in [0.3, 0.4) is 0 Å². The van der Waals surface area contributed by atoms with E-state index < -0.39 is 5.60 Å². The minimum absolute atomic E-state index is 0.506. The molecule has 100 valence electrons. The van der Waals surface area contributed by atoms with Crippen molar-refractivity contribution in [1.29, 1.82) is 0 Å². The number of thiophene rings is 1. The summed E-state index contributed by atoms with van der Waals surface area (Å²) in [5.74, 6) is 1.29. The monoisotopic (exact) mass is 264 g/mol. The summed E-state index contributed by atoms with van der Waals surface area (Å²) in [7, 11) is 0. The number of hydrogen-bond donors (Lipinski definition) is 1. The first-order valence-corrected chi connectivity index (χ1v) is 8.45. The van der Waals surface area contributed by atoms with E-state index in [0.717, 1.165) is 12.3 Å². The molecule has 2 heteroatoms. The molecule has 1 aromatic heterocycles. The van der Waals surface area contributed by atoms with E-state index in [1.54, 1.807) is 11.3 Å². The molecule has 1 heterocycles. The molecule has 2 aliphatic rings. The molecule has 0 amide bonds. The first-order chi connectivity index (χ1) is 8.81. The van der Waals surface area contributed by atoms with Crippen LogP contribution in [-0.2, 0) is 5.60 Å². The Bertz CT molecular complexity index is 366.